The SMILES string of the molecule is COc1ccc2c(c1)-c1nc(Nc3ccc(NCCNC(C)=O)nc3)ncc1CC2(C)C. The number of anilines is 3. The van der Waals surface area contributed by atoms with E-state index < -0.39 is 0 Å². The van der Waals surface area contributed by atoms with E-state index in [4.69, 9.17) is 9.72 Å². The number of hydrogen-bond acceptors (Lipinski definition) is 7. The average Bonchev–Trinajstić information content (AvgIpc) is 2.77. The quantitative estimate of drug-likeness (QED) is 0.490. The molecule has 2 heterocycles. The van der Waals surface area contributed by atoms with Gasteiger partial charge >= 0.3 is 0 Å². The van der Waals surface area contributed by atoms with Gasteiger partial charge in [0.25, 0.3) is 0 Å². The first-order valence-corrected chi connectivity index (χ1v) is 10.6. The summed E-state index contributed by atoms with van der Waals surface area (Å²) in [5.74, 6) is 2.02. The van der Waals surface area contributed by atoms with E-state index >= 15 is 0 Å². The summed E-state index contributed by atoms with van der Waals surface area (Å²) in [5, 5.41) is 9.15. The zero-order valence-electron chi connectivity index (χ0n) is 18.8. The van der Waals surface area contributed by atoms with Crippen molar-refractivity contribution < 1.29 is 9.53 Å². The molecule has 0 spiro atoms. The second-order valence-electron chi connectivity index (χ2n) is 8.51. The molecular formula is C24H28N6O2. The summed E-state index contributed by atoms with van der Waals surface area (Å²) in [6, 6.07) is 9.97. The third-order valence-corrected chi connectivity index (χ3v) is 5.53. The van der Waals surface area contributed by atoms with Crippen molar-refractivity contribution in [2.75, 3.05) is 30.8 Å². The average molecular weight is 433 g/mol. The number of hydrogen-bond donors (Lipinski definition) is 3. The van der Waals surface area contributed by atoms with Gasteiger partial charge in [-0.05, 0) is 47.2 Å². The van der Waals surface area contributed by atoms with E-state index in [2.05, 4.69) is 51.9 Å². The molecule has 0 bridgehead atoms. The van der Waals surface area contributed by atoms with Crippen molar-refractivity contribution in [1.29, 1.82) is 0 Å². The molecule has 1 amide bonds. The van der Waals surface area contributed by atoms with Crippen LogP contribution in [0.25, 0.3) is 11.3 Å². The number of pyridine rings is 1. The van der Waals surface area contributed by atoms with Crippen molar-refractivity contribution in [3.05, 3.63) is 53.9 Å². The zero-order chi connectivity index (χ0) is 22.7. The molecule has 1 aliphatic carbocycles. The third kappa shape index (κ3) is 4.64. The van der Waals surface area contributed by atoms with Crippen LogP contribution in [0.1, 0.15) is 31.9 Å². The number of carbonyl (C=O) groups is 1. The molecule has 0 saturated heterocycles. The van der Waals surface area contributed by atoms with Gasteiger partial charge in [0, 0.05) is 31.8 Å². The van der Waals surface area contributed by atoms with Crippen molar-refractivity contribution in [1.82, 2.24) is 20.3 Å². The number of fused-ring (bicyclic) bond motifs is 3. The van der Waals surface area contributed by atoms with Gasteiger partial charge in [0.15, 0.2) is 0 Å². The zero-order valence-corrected chi connectivity index (χ0v) is 18.8. The lowest BCUT2D eigenvalue weighted by molar-refractivity contribution is -0.118. The van der Waals surface area contributed by atoms with E-state index in [0.717, 1.165) is 40.5 Å². The number of methoxy groups -OCH3 is 1. The monoisotopic (exact) mass is 432 g/mol. The Bertz CT molecular complexity index is 1130. The summed E-state index contributed by atoms with van der Waals surface area (Å²) in [6.07, 6.45) is 4.51. The second-order valence-corrected chi connectivity index (χ2v) is 8.51. The molecule has 4 rings (SSSR count). The topological polar surface area (TPSA) is 101 Å². The van der Waals surface area contributed by atoms with Crippen LogP contribution in [0.15, 0.2) is 42.7 Å². The Balaban J connectivity index is 1.52. The molecule has 32 heavy (non-hydrogen) atoms. The highest BCUT2D eigenvalue weighted by Crippen LogP contribution is 2.43. The highest BCUT2D eigenvalue weighted by atomic mass is 16.5. The van der Waals surface area contributed by atoms with E-state index in [1.807, 2.05) is 24.4 Å². The number of ether oxygens (including phenoxy) is 1. The van der Waals surface area contributed by atoms with Crippen LogP contribution in [0.3, 0.4) is 0 Å². The maximum absolute atomic E-state index is 10.9. The number of nitrogens with zero attached hydrogens (tertiary/aromatic N) is 3. The number of aromatic nitrogens is 3. The van der Waals surface area contributed by atoms with Gasteiger partial charge in [-0.3, -0.25) is 4.79 Å². The van der Waals surface area contributed by atoms with E-state index in [-0.39, 0.29) is 11.3 Å². The molecule has 0 aliphatic heterocycles. The Morgan fingerprint density at radius 1 is 1.12 bits per heavy atom. The van der Waals surface area contributed by atoms with E-state index in [0.29, 0.717) is 19.0 Å². The molecule has 2 aromatic heterocycles. The molecule has 0 saturated carbocycles. The lowest BCUT2D eigenvalue weighted by atomic mass is 9.72. The predicted octanol–water partition coefficient (Wildman–Crippen LogP) is 3.67. The molecular weight excluding hydrogens is 404 g/mol. The number of benzene rings is 1. The Labute approximate surface area is 187 Å². The summed E-state index contributed by atoms with van der Waals surface area (Å²) >= 11 is 0. The maximum Gasteiger partial charge on any atom is 0.227 e. The molecule has 3 N–H and O–H groups in total. The van der Waals surface area contributed by atoms with Gasteiger partial charge in [-0.25, -0.2) is 15.0 Å². The van der Waals surface area contributed by atoms with Crippen LogP contribution < -0.4 is 20.7 Å². The molecule has 0 unspecified atom stereocenters. The summed E-state index contributed by atoms with van der Waals surface area (Å²) in [6.45, 7) is 7.13. The van der Waals surface area contributed by atoms with E-state index in [1.54, 1.807) is 13.3 Å². The van der Waals surface area contributed by atoms with Crippen LogP contribution in [0, 0.1) is 0 Å². The van der Waals surface area contributed by atoms with Gasteiger partial charge in [0.1, 0.15) is 11.6 Å². The first-order valence-electron chi connectivity index (χ1n) is 10.6. The van der Waals surface area contributed by atoms with Crippen molar-refractivity contribution in [3.8, 4) is 17.0 Å². The normalized spacial score (nSPS) is 13.5. The number of rotatable bonds is 7. The molecule has 0 fully saturated rings. The van der Waals surface area contributed by atoms with Crippen LogP contribution >= 0.6 is 0 Å². The van der Waals surface area contributed by atoms with Gasteiger partial charge in [-0.1, -0.05) is 19.9 Å². The Morgan fingerprint density at radius 3 is 2.69 bits per heavy atom. The minimum atomic E-state index is -0.0472. The predicted molar refractivity (Wildman–Crippen MR) is 125 cm³/mol. The smallest absolute Gasteiger partial charge is 0.227 e. The number of nitrogens with one attached hydrogen (secondary N) is 3. The minimum Gasteiger partial charge on any atom is -0.497 e. The minimum absolute atomic E-state index is 0.000399. The summed E-state index contributed by atoms with van der Waals surface area (Å²) in [5.41, 5.74) is 5.18. The summed E-state index contributed by atoms with van der Waals surface area (Å²) in [7, 11) is 1.68. The molecule has 0 radical (unpaired) electrons. The highest BCUT2D eigenvalue weighted by Gasteiger charge is 2.32. The van der Waals surface area contributed by atoms with Crippen LogP contribution in [0.4, 0.5) is 17.5 Å². The van der Waals surface area contributed by atoms with Crippen molar-refractivity contribution >= 4 is 23.4 Å². The Morgan fingerprint density at radius 2 is 1.97 bits per heavy atom. The fraction of sp³-hybridized carbons (Fsp3) is 0.333. The highest BCUT2D eigenvalue weighted by molar-refractivity contribution is 5.74. The fourth-order valence-corrected chi connectivity index (χ4v) is 3.97. The first-order chi connectivity index (χ1) is 15.4. The Hall–Kier alpha value is -3.68. The second kappa shape index (κ2) is 8.82. The first kappa shape index (κ1) is 21.5. The summed E-state index contributed by atoms with van der Waals surface area (Å²) < 4.78 is 5.45. The molecule has 166 valence electrons. The van der Waals surface area contributed by atoms with Gasteiger partial charge in [0.2, 0.25) is 11.9 Å². The Kier molecular flexibility index (Phi) is 5.94. The number of amides is 1. The molecule has 3 aromatic rings. The van der Waals surface area contributed by atoms with Crippen LogP contribution in [-0.4, -0.2) is 41.1 Å². The molecule has 1 aromatic carbocycles. The van der Waals surface area contributed by atoms with Crippen LogP contribution in [-0.2, 0) is 16.6 Å². The summed E-state index contributed by atoms with van der Waals surface area (Å²) in [4.78, 5) is 24.7. The maximum atomic E-state index is 10.9. The van der Waals surface area contributed by atoms with Gasteiger partial charge < -0.3 is 20.7 Å². The van der Waals surface area contributed by atoms with Crippen molar-refractivity contribution in [2.24, 2.45) is 0 Å². The molecule has 8 heteroatoms. The van der Waals surface area contributed by atoms with Crippen LogP contribution in [0.2, 0.25) is 0 Å². The van der Waals surface area contributed by atoms with Gasteiger partial charge in [-0.15, -0.1) is 0 Å². The van der Waals surface area contributed by atoms with Crippen molar-refractivity contribution in [2.45, 2.75) is 32.6 Å². The standard InChI is InChI=1S/C24H28N6O2/c1-15(31)25-9-10-26-21-8-5-17(14-27-21)29-23-28-13-16-12-24(2,3)20-7-6-18(32-4)11-19(20)22(16)30-23/h5-8,11,13-14H,9-10,12H2,1-4H3,(H,25,31)(H,26,27)(H,28,29,30). The van der Waals surface area contributed by atoms with Gasteiger partial charge in [-0.2, -0.15) is 0 Å². The fourth-order valence-electron chi connectivity index (χ4n) is 3.97. The molecule has 0 atom stereocenters. The van der Waals surface area contributed by atoms with E-state index in [1.165, 1.54) is 12.5 Å². The lowest BCUT2D eigenvalue weighted by Crippen LogP contribution is -2.26. The van der Waals surface area contributed by atoms with E-state index in [9.17, 15) is 4.79 Å². The third-order valence-electron chi connectivity index (χ3n) is 5.53. The largest absolute Gasteiger partial charge is 0.497 e. The lowest BCUT2D eigenvalue weighted by Gasteiger charge is -2.33. The van der Waals surface area contributed by atoms with Crippen LogP contribution in [0.5, 0.6) is 5.75 Å². The molecule has 8 nitrogen and oxygen atoms in total. The molecule has 1 aliphatic rings. The van der Waals surface area contributed by atoms with Gasteiger partial charge in [0.05, 0.1) is 24.7 Å². The van der Waals surface area contributed by atoms with Crippen molar-refractivity contribution in [3.63, 3.8) is 0 Å². The number of carbonyl (C=O) groups excluding carboxylic acids is 1.